The molecule has 9 aromatic rings. The number of carboxylic acid groups (broad SMARTS) is 1. The summed E-state index contributed by atoms with van der Waals surface area (Å²) in [6.45, 7) is 12.3. The zero-order valence-corrected chi connectivity index (χ0v) is 73.8. The fourth-order valence-corrected chi connectivity index (χ4v) is 14.2. The third kappa shape index (κ3) is 30.2. The third-order valence-corrected chi connectivity index (χ3v) is 20.5. The van der Waals surface area contributed by atoms with Gasteiger partial charge in [-0.3, -0.25) is 0 Å². The number of methoxy groups -OCH3 is 4. The van der Waals surface area contributed by atoms with Gasteiger partial charge in [-0.25, -0.2) is 38.1 Å². The molecule has 3 N–H and O–H groups in total. The molecule has 0 amide bonds. The van der Waals surface area contributed by atoms with E-state index in [1.54, 1.807) is 46.9 Å². The molecule has 0 aliphatic heterocycles. The second kappa shape index (κ2) is 48.5. The average Bonchev–Trinajstić information content (AvgIpc) is 1.70. The predicted octanol–water partition coefficient (Wildman–Crippen LogP) is 17.1. The minimum atomic E-state index is -4.69. The molecule has 3 saturated carbocycles. The van der Waals surface area contributed by atoms with E-state index in [1.165, 1.54) is 27.4 Å². The Balaban J connectivity index is 0.000000247. The number of oxazole rings is 3. The molecule has 3 fully saturated rings. The van der Waals surface area contributed by atoms with Gasteiger partial charge < -0.3 is 81.0 Å². The number of hydrogen-bond donors (Lipinski definition) is 2. The van der Waals surface area contributed by atoms with Crippen molar-refractivity contribution in [2.24, 2.45) is 0 Å². The Morgan fingerprint density at radius 1 is 0.419 bits per heavy atom. The maximum Gasteiger partial charge on any atom is 1.00 e. The van der Waals surface area contributed by atoms with Gasteiger partial charge in [0.05, 0.1) is 144 Å². The largest absolute Gasteiger partial charge is 1.00 e. The number of rotatable bonds is 30. The summed E-state index contributed by atoms with van der Waals surface area (Å²) >= 11 is 0. The third-order valence-electron chi connectivity index (χ3n) is 20.5. The molecule has 670 valence electrons. The normalized spacial score (nSPS) is 17.1. The first-order chi connectivity index (χ1) is 58.0. The average molecular weight is 1780 g/mol. The van der Waals surface area contributed by atoms with Crippen molar-refractivity contribution in [1.82, 2.24) is 15.0 Å². The van der Waals surface area contributed by atoms with Gasteiger partial charge >= 0.3 is 87.8 Å². The number of nitrogens with zero attached hydrogens (tertiary/aromatic N) is 3. The number of aliphatic hydroxyl groups excluding tert-OH is 1. The molecule has 0 bridgehead atoms. The quantitative estimate of drug-likeness (QED) is 0.0183. The topological polar surface area (TPSA) is 301 Å². The van der Waals surface area contributed by atoms with Gasteiger partial charge in [-0.15, -0.1) is 0 Å². The van der Waals surface area contributed by atoms with Crippen molar-refractivity contribution in [3.8, 4) is 40.1 Å². The number of aryl methyl sites for hydroxylation is 6. The number of carbonyl (C=O) groups excluding carboxylic acids is 2. The van der Waals surface area contributed by atoms with Crippen LogP contribution < -0.4 is 56.1 Å². The van der Waals surface area contributed by atoms with Crippen LogP contribution in [0.3, 0.4) is 0 Å². The number of aromatic nitrogens is 3. The number of aliphatic hydroxyl groups is 1. The number of esters is 2. The first-order valence-electron chi connectivity index (χ1n) is 39.5. The van der Waals surface area contributed by atoms with Crippen LogP contribution in [0.15, 0.2) is 122 Å². The molecule has 35 heteroatoms. The van der Waals surface area contributed by atoms with Crippen LogP contribution in [0.25, 0.3) is 34.4 Å². The number of hydrogen-bond acceptors (Lipinski definition) is 22. The number of ether oxygens (including phenoxy) is 11. The molecule has 124 heavy (non-hydrogen) atoms. The van der Waals surface area contributed by atoms with E-state index in [0.717, 1.165) is 116 Å². The van der Waals surface area contributed by atoms with Crippen molar-refractivity contribution in [3.05, 3.63) is 222 Å². The summed E-state index contributed by atoms with van der Waals surface area (Å²) < 4.78 is 225. The fraction of sp³-hybridized carbons (Fsp3) is 0.461. The molecule has 3 aromatic heterocycles. The van der Waals surface area contributed by atoms with Crippen LogP contribution in [-0.4, -0.2) is 140 Å². The zero-order chi connectivity index (χ0) is 88.6. The molecule has 3 heterocycles. The van der Waals surface area contributed by atoms with E-state index < -0.39 is 64.8 Å². The van der Waals surface area contributed by atoms with Crippen LogP contribution >= 0.6 is 0 Å². The van der Waals surface area contributed by atoms with E-state index in [4.69, 9.17) is 65.7 Å². The van der Waals surface area contributed by atoms with Crippen molar-refractivity contribution in [1.29, 1.82) is 0 Å². The van der Waals surface area contributed by atoms with Crippen LogP contribution in [0.1, 0.15) is 193 Å². The number of carboxylic acids is 1. The van der Waals surface area contributed by atoms with E-state index >= 15 is 0 Å². The van der Waals surface area contributed by atoms with Crippen molar-refractivity contribution in [3.63, 3.8) is 0 Å². The maximum atomic E-state index is 13.8. The van der Waals surface area contributed by atoms with Crippen LogP contribution in [-0.2, 0) is 106 Å². The number of aromatic carboxylic acids is 1. The van der Waals surface area contributed by atoms with Gasteiger partial charge in [0, 0.05) is 30.9 Å². The molecule has 3 aliphatic carbocycles. The molecular formula is C89H101F11KN3O20. The molecule has 0 unspecified atom stereocenters. The predicted molar refractivity (Wildman–Crippen MR) is 423 cm³/mol. The second-order valence-corrected chi connectivity index (χ2v) is 29.5. The van der Waals surface area contributed by atoms with Crippen LogP contribution in [0.2, 0.25) is 0 Å². The van der Waals surface area contributed by atoms with Crippen molar-refractivity contribution in [2.75, 3.05) is 54.9 Å². The minimum absolute atomic E-state index is 0. The number of benzene rings is 6. The van der Waals surface area contributed by atoms with Gasteiger partial charge in [-0.2, -0.15) is 39.5 Å². The van der Waals surface area contributed by atoms with E-state index in [9.17, 15) is 67.8 Å². The summed E-state index contributed by atoms with van der Waals surface area (Å²) in [4.78, 5) is 49.0. The molecule has 12 rings (SSSR count). The molecule has 0 radical (unpaired) electrons. The zero-order valence-electron chi connectivity index (χ0n) is 70.7. The minimum Gasteiger partial charge on any atom is -0.870 e. The summed E-state index contributed by atoms with van der Waals surface area (Å²) in [6, 6.07) is 24.2. The Kier molecular flexibility index (Phi) is 40.2. The monoisotopic (exact) mass is 1780 g/mol. The summed E-state index contributed by atoms with van der Waals surface area (Å²) in [6.07, 6.45) is -4.93. The van der Waals surface area contributed by atoms with Crippen LogP contribution in [0.5, 0.6) is 5.75 Å². The number of alkyl halides is 9. The molecule has 6 atom stereocenters. The first-order valence-corrected chi connectivity index (χ1v) is 39.5. The van der Waals surface area contributed by atoms with E-state index in [1.807, 2.05) is 56.3 Å². The Labute approximate surface area is 753 Å². The molecule has 0 spiro atoms. The first kappa shape index (κ1) is 103. The van der Waals surface area contributed by atoms with Crippen molar-refractivity contribution in [2.45, 2.75) is 213 Å². The van der Waals surface area contributed by atoms with Gasteiger partial charge in [-0.05, 0) is 207 Å². The van der Waals surface area contributed by atoms with Gasteiger partial charge in [0.15, 0.2) is 0 Å². The van der Waals surface area contributed by atoms with Gasteiger partial charge in [0.25, 0.3) is 0 Å². The second-order valence-electron chi connectivity index (χ2n) is 29.5. The summed E-state index contributed by atoms with van der Waals surface area (Å²) in [5.41, 5.74) is 3.98. The Morgan fingerprint density at radius 2 is 0.726 bits per heavy atom. The van der Waals surface area contributed by atoms with Crippen molar-refractivity contribution < 1.29 is 195 Å². The van der Waals surface area contributed by atoms with Crippen LogP contribution in [0.4, 0.5) is 48.3 Å². The Bertz CT molecular complexity index is 4740. The van der Waals surface area contributed by atoms with E-state index in [2.05, 4.69) is 19.7 Å². The van der Waals surface area contributed by atoms with Gasteiger partial charge in [0.1, 0.15) is 58.4 Å². The fourth-order valence-electron chi connectivity index (χ4n) is 14.2. The molecule has 3 aliphatic rings. The Hall–Kier alpha value is -8.37. The summed E-state index contributed by atoms with van der Waals surface area (Å²) in [7, 11) is 5.72. The Morgan fingerprint density at radius 3 is 1.02 bits per heavy atom. The SMILES string of the molecule is COC(=O)c1c(C)cccc1CO[C@@H]1CCC[C@H](OCc2nc(-c3cc(F)cc(C(F)(F)F)c3)oc2C)C1.COC(=O)c1c(C)cccc1CO[C@@H]1CCC[C@H](OCc2nc(-c3cc(F)cc(C(F)(F)F)c3)oc2C)C1.COCCO.COCCOc1cc(-c2nc(CO[C@H]3CCC[C@@H](OCc4cccc(C)c4C(=O)O)C3)c(C)o2)cc(C(F)(F)F)c1.[K+].[OH-]. The van der Waals surface area contributed by atoms with Crippen molar-refractivity contribution >= 4 is 17.9 Å². The molecule has 23 nitrogen and oxygen atoms in total. The number of carbonyl (C=O) groups is 3. The molecular weight excluding hydrogens is 1680 g/mol. The molecule has 0 saturated heterocycles. The molecule has 6 aromatic carbocycles. The van der Waals surface area contributed by atoms with E-state index in [0.29, 0.717) is 94.6 Å². The van der Waals surface area contributed by atoms with Gasteiger partial charge in [0.2, 0.25) is 17.7 Å². The summed E-state index contributed by atoms with van der Waals surface area (Å²) in [5, 5.41) is 17.5. The smallest absolute Gasteiger partial charge is 0.870 e. The van der Waals surface area contributed by atoms with E-state index in [-0.39, 0.29) is 199 Å². The summed E-state index contributed by atoms with van der Waals surface area (Å²) in [5.74, 6) is -2.74. The number of halogens is 11. The van der Waals surface area contributed by atoms with Gasteiger partial charge in [-0.1, -0.05) is 54.6 Å². The maximum absolute atomic E-state index is 13.8. The van der Waals surface area contributed by atoms with Crippen LogP contribution in [0, 0.1) is 53.2 Å². The standard InChI is InChI=1S/C30H34F3NO7.2C28H29F4NO5.C3H8O2.K.H2O/c1-18-6-4-7-20(27(18)29(35)36)16-39-23-8-5-9-24(15-23)40-17-26-19(2)41-28(34-26)21-12-22(30(31,32)33)14-25(13-21)38-11-10-37-3;2*1-16-6-4-7-18(25(16)27(34)35-3)14-36-22-8-5-9-23(13-22)37-15-24-17(2)38-26(33-24)19-10-20(28(30,31)32)12-21(29)11-19;1-5-3-2-4;;/h4,6-7,12-14,23-24H,5,8-11,15-17H2,1-3H3,(H,35,36);2*4,6-7,10-12,22-23H,5,8-9,13-15H2,1-3H3;4H,2-3H2,1H3;;1H2/q;;;;+1;/p-1/t23-,24+;2*22-,23+;;;/m111.../s1.